The lowest BCUT2D eigenvalue weighted by Crippen LogP contribution is -2.29. The summed E-state index contributed by atoms with van der Waals surface area (Å²) in [6.45, 7) is 13.0. The monoisotopic (exact) mass is 790 g/mol. The predicted molar refractivity (Wildman–Crippen MR) is 228 cm³/mol. The molecule has 54 heavy (non-hydrogen) atoms. The summed E-state index contributed by atoms with van der Waals surface area (Å²) < 4.78 is 2.33. The lowest BCUT2D eigenvalue weighted by Gasteiger charge is -2.25. The van der Waals surface area contributed by atoms with E-state index in [0.29, 0.717) is 6.54 Å². The van der Waals surface area contributed by atoms with Crippen molar-refractivity contribution in [2.24, 2.45) is 0 Å². The summed E-state index contributed by atoms with van der Waals surface area (Å²) in [6.07, 6.45) is 1.95. The maximum atomic E-state index is 13.3. The first-order valence-corrected chi connectivity index (χ1v) is 21.8. The fourth-order valence-electron chi connectivity index (χ4n) is 7.13. The number of aromatic nitrogens is 2. The number of fused-ring (bicyclic) bond motifs is 4. The van der Waals surface area contributed by atoms with Gasteiger partial charge in [0.2, 0.25) is 0 Å². The molecule has 2 aliphatic rings. The Kier molecular flexibility index (Phi) is 11.0. The minimum absolute atomic E-state index is 0.0270. The van der Waals surface area contributed by atoms with Gasteiger partial charge in [0, 0.05) is 59.3 Å². The summed E-state index contributed by atoms with van der Waals surface area (Å²) in [6, 6.07) is 26.0. The van der Waals surface area contributed by atoms with Gasteiger partial charge in [-0.15, -0.1) is 45.3 Å². The molecule has 0 unspecified atom stereocenters. The maximum Gasteiger partial charge on any atom is 0.266 e. The zero-order valence-electron chi connectivity index (χ0n) is 30.6. The summed E-state index contributed by atoms with van der Waals surface area (Å²) in [7, 11) is 0. The summed E-state index contributed by atoms with van der Waals surface area (Å²) in [5.41, 5.74) is 7.56. The van der Waals surface area contributed by atoms with Crippen molar-refractivity contribution in [1.29, 1.82) is 0 Å². The molecule has 0 spiro atoms. The number of thiazole rings is 2. The fourth-order valence-corrected chi connectivity index (χ4v) is 11.9. The second kappa shape index (κ2) is 16.2. The van der Waals surface area contributed by atoms with Crippen LogP contribution in [0.4, 0.5) is 5.69 Å². The van der Waals surface area contributed by atoms with Crippen molar-refractivity contribution in [2.45, 2.75) is 46.7 Å². The van der Waals surface area contributed by atoms with Gasteiger partial charge in [-0.2, -0.15) is 0 Å². The number of anilines is 1. The van der Waals surface area contributed by atoms with E-state index < -0.39 is 0 Å². The molecule has 8 nitrogen and oxygen atoms in total. The molecule has 6 heterocycles. The van der Waals surface area contributed by atoms with Crippen LogP contribution in [0.5, 0.6) is 0 Å². The van der Waals surface area contributed by atoms with Crippen molar-refractivity contribution < 1.29 is 9.59 Å². The summed E-state index contributed by atoms with van der Waals surface area (Å²) in [5, 5.41) is 7.97. The Morgan fingerprint density at radius 2 is 1.11 bits per heavy atom. The van der Waals surface area contributed by atoms with E-state index in [9.17, 15) is 9.59 Å². The standard InChI is InChI=1S/C23H21N3OS2.C19H21N3OS2/c1-2-26-13-12-16-19(14-26)28-21(22(27)24-15-8-4-3-5-9-15)20(16)23-25-17-10-6-7-11-18(17)29-23;1-3-20-18(23)17-16(12-9-10-22(4-2)11-15(12)24-17)19-21-13-7-5-6-8-14(13)25-19/h3-11H,2,12-14H2,1H3,(H,24,27);5-8H,3-4,9-11H2,1-2H3,(H,20,23). The zero-order chi connectivity index (χ0) is 37.2. The van der Waals surface area contributed by atoms with Crippen LogP contribution >= 0.6 is 45.3 Å². The summed E-state index contributed by atoms with van der Waals surface area (Å²) in [5.74, 6) is -0.0212. The quantitative estimate of drug-likeness (QED) is 0.159. The number of hydrogen-bond acceptors (Lipinski definition) is 10. The van der Waals surface area contributed by atoms with Crippen molar-refractivity contribution >= 4 is 83.3 Å². The average molecular weight is 791 g/mol. The number of nitrogens with one attached hydrogen (secondary N) is 2. The number of likely N-dealkylation sites (N-methyl/N-ethyl adjacent to an activating group) is 2. The number of carbonyl (C=O) groups is 2. The molecule has 9 rings (SSSR count). The molecule has 0 radical (unpaired) electrons. The number of benzene rings is 3. The van der Waals surface area contributed by atoms with Crippen molar-refractivity contribution in [3.63, 3.8) is 0 Å². The Morgan fingerprint density at radius 3 is 1.59 bits per heavy atom. The van der Waals surface area contributed by atoms with Crippen molar-refractivity contribution in [2.75, 3.05) is 38.0 Å². The third-order valence-corrected chi connectivity index (χ3v) is 14.5. The third kappa shape index (κ3) is 7.38. The highest BCUT2D eigenvalue weighted by Crippen LogP contribution is 2.44. The maximum absolute atomic E-state index is 13.3. The highest BCUT2D eigenvalue weighted by atomic mass is 32.1. The molecule has 4 aromatic heterocycles. The number of thiophene rings is 2. The lowest BCUT2D eigenvalue weighted by molar-refractivity contribution is 0.0959. The minimum Gasteiger partial charge on any atom is -0.352 e. The number of rotatable bonds is 8. The van der Waals surface area contributed by atoms with Gasteiger partial charge in [-0.3, -0.25) is 19.4 Å². The van der Waals surface area contributed by atoms with Crippen LogP contribution < -0.4 is 10.6 Å². The number of para-hydroxylation sites is 3. The summed E-state index contributed by atoms with van der Waals surface area (Å²) >= 11 is 6.63. The first-order valence-electron chi connectivity index (χ1n) is 18.5. The average Bonchev–Trinajstić information content (AvgIpc) is 3.99. The number of nitrogens with zero attached hydrogens (tertiary/aromatic N) is 4. The molecule has 0 aliphatic carbocycles. The number of amides is 2. The van der Waals surface area contributed by atoms with Gasteiger partial charge in [-0.25, -0.2) is 9.97 Å². The highest BCUT2D eigenvalue weighted by molar-refractivity contribution is 7.23. The van der Waals surface area contributed by atoms with Crippen LogP contribution in [0.2, 0.25) is 0 Å². The highest BCUT2D eigenvalue weighted by Gasteiger charge is 2.30. The molecular formula is C42H42N6O2S4. The largest absolute Gasteiger partial charge is 0.352 e. The van der Waals surface area contributed by atoms with E-state index in [0.717, 1.165) is 104 Å². The van der Waals surface area contributed by atoms with Crippen LogP contribution in [0.1, 0.15) is 61.0 Å². The van der Waals surface area contributed by atoms with Gasteiger partial charge in [0.05, 0.1) is 20.4 Å². The van der Waals surface area contributed by atoms with Gasteiger partial charge in [0.15, 0.2) is 0 Å². The van der Waals surface area contributed by atoms with E-state index in [1.54, 1.807) is 45.3 Å². The van der Waals surface area contributed by atoms with Gasteiger partial charge >= 0.3 is 0 Å². The van der Waals surface area contributed by atoms with E-state index in [1.807, 2.05) is 73.7 Å². The molecule has 0 saturated carbocycles. The molecule has 2 aliphatic heterocycles. The zero-order valence-corrected chi connectivity index (χ0v) is 33.9. The van der Waals surface area contributed by atoms with E-state index in [4.69, 9.17) is 9.97 Å². The van der Waals surface area contributed by atoms with Crippen molar-refractivity contribution in [1.82, 2.24) is 25.1 Å². The van der Waals surface area contributed by atoms with E-state index in [1.165, 1.54) is 25.6 Å². The molecular weight excluding hydrogens is 749 g/mol. The molecule has 0 atom stereocenters. The van der Waals surface area contributed by atoms with Crippen molar-refractivity contribution in [3.05, 3.63) is 109 Å². The Balaban J connectivity index is 0.000000155. The molecule has 3 aromatic carbocycles. The van der Waals surface area contributed by atoms with Crippen LogP contribution in [0.3, 0.4) is 0 Å². The molecule has 0 saturated heterocycles. The summed E-state index contributed by atoms with van der Waals surface area (Å²) in [4.78, 5) is 44.7. The van der Waals surface area contributed by atoms with E-state index in [-0.39, 0.29) is 11.8 Å². The molecule has 7 aromatic rings. The smallest absolute Gasteiger partial charge is 0.266 e. The van der Waals surface area contributed by atoms with Gasteiger partial charge in [-0.05, 0) is 80.4 Å². The van der Waals surface area contributed by atoms with Gasteiger partial charge in [0.1, 0.15) is 19.8 Å². The number of hydrogen-bond donors (Lipinski definition) is 2. The molecule has 12 heteroatoms. The lowest BCUT2D eigenvalue weighted by atomic mass is 10.0. The fraction of sp³-hybridized carbons (Fsp3) is 0.286. The number of carbonyl (C=O) groups excluding carboxylic acids is 2. The van der Waals surface area contributed by atoms with Crippen LogP contribution in [0.15, 0.2) is 78.9 Å². The topological polar surface area (TPSA) is 90.5 Å². The SMILES string of the molecule is CCN1CCc2c(sc(C(=O)Nc3ccccc3)c2-c2nc3ccccc3s2)C1.CCNC(=O)c1sc2c(c1-c1nc3ccccc3s1)CCN(CC)C2. The van der Waals surface area contributed by atoms with E-state index >= 15 is 0 Å². The molecule has 0 fully saturated rings. The van der Waals surface area contributed by atoms with Crippen LogP contribution in [-0.4, -0.2) is 64.3 Å². The molecule has 0 bridgehead atoms. The van der Waals surface area contributed by atoms with Gasteiger partial charge in [-0.1, -0.05) is 56.3 Å². The van der Waals surface area contributed by atoms with Gasteiger partial charge < -0.3 is 10.6 Å². The Morgan fingerprint density at radius 1 is 0.630 bits per heavy atom. The first kappa shape index (κ1) is 36.7. The van der Waals surface area contributed by atoms with E-state index in [2.05, 4.69) is 46.4 Å². The minimum atomic E-state index is -0.0482. The Bertz CT molecular complexity index is 2380. The normalized spacial score (nSPS) is 14.4. The second-order valence-corrected chi connectivity index (χ2v) is 17.6. The van der Waals surface area contributed by atoms with Gasteiger partial charge in [0.25, 0.3) is 11.8 Å². The third-order valence-electron chi connectivity index (χ3n) is 9.96. The Labute approximate surface area is 331 Å². The predicted octanol–water partition coefficient (Wildman–Crippen LogP) is 9.81. The molecule has 2 amide bonds. The first-order chi connectivity index (χ1) is 26.4. The molecule has 2 N–H and O–H groups in total. The van der Waals surface area contributed by atoms with Crippen molar-refractivity contribution in [3.8, 4) is 21.1 Å². The Hall–Kier alpha value is -4.30. The second-order valence-electron chi connectivity index (χ2n) is 13.3. The van der Waals surface area contributed by atoms with Crippen LogP contribution in [-0.2, 0) is 25.9 Å². The van der Waals surface area contributed by atoms with Crippen LogP contribution in [0.25, 0.3) is 41.6 Å². The van der Waals surface area contributed by atoms with Crippen LogP contribution in [0, 0.1) is 0 Å². The molecule has 276 valence electrons.